The predicted octanol–water partition coefficient (Wildman–Crippen LogP) is 1.27. The van der Waals surface area contributed by atoms with Crippen LogP contribution in [0.2, 0.25) is 0 Å². The van der Waals surface area contributed by atoms with Gasteiger partial charge in [-0.1, -0.05) is 43.7 Å². The highest BCUT2D eigenvalue weighted by Gasteiger charge is 2.32. The lowest BCUT2D eigenvalue weighted by atomic mass is 9.87. The van der Waals surface area contributed by atoms with Crippen LogP contribution in [0.4, 0.5) is 0 Å². The van der Waals surface area contributed by atoms with E-state index in [1.165, 1.54) is 0 Å². The number of carbonyl (C=O) groups excluding carboxylic acids is 1. The van der Waals surface area contributed by atoms with E-state index in [4.69, 9.17) is 11.1 Å². The number of benzene rings is 1. The van der Waals surface area contributed by atoms with Gasteiger partial charge in [0.15, 0.2) is 5.96 Å². The van der Waals surface area contributed by atoms with Crippen molar-refractivity contribution in [2.75, 3.05) is 0 Å². The Kier molecular flexibility index (Phi) is 4.05. The first-order valence-electron chi connectivity index (χ1n) is 5.21. The van der Waals surface area contributed by atoms with Crippen molar-refractivity contribution in [2.24, 2.45) is 5.73 Å². The molecule has 0 fully saturated rings. The molecular weight excluding hydrogens is 202 g/mol. The molecule has 0 saturated heterocycles. The lowest BCUT2D eigenvalue weighted by molar-refractivity contribution is 0.432. The summed E-state index contributed by atoms with van der Waals surface area (Å²) in [6.07, 6.45) is 3.33. The molecule has 1 aromatic rings. The normalized spacial score (nSPS) is 13.8. The van der Waals surface area contributed by atoms with Crippen LogP contribution in [0.15, 0.2) is 30.3 Å². The Morgan fingerprint density at radius 2 is 2.12 bits per heavy atom. The van der Waals surface area contributed by atoms with E-state index < -0.39 is 5.54 Å². The van der Waals surface area contributed by atoms with E-state index in [0.29, 0.717) is 6.42 Å². The molecule has 0 unspecified atom stereocenters. The van der Waals surface area contributed by atoms with Crippen LogP contribution in [0.1, 0.15) is 25.3 Å². The van der Waals surface area contributed by atoms with Crippen LogP contribution < -0.4 is 11.1 Å². The lowest BCUT2D eigenvalue weighted by Gasteiger charge is -2.28. The van der Waals surface area contributed by atoms with Gasteiger partial charge in [-0.15, -0.1) is 0 Å². The van der Waals surface area contributed by atoms with Crippen LogP contribution in [0.5, 0.6) is 0 Å². The van der Waals surface area contributed by atoms with Crippen molar-refractivity contribution in [1.29, 1.82) is 5.41 Å². The molecule has 0 aliphatic rings. The molecule has 1 aromatic carbocycles. The van der Waals surface area contributed by atoms with Crippen LogP contribution in [0.25, 0.3) is 0 Å². The molecule has 16 heavy (non-hydrogen) atoms. The molecule has 4 nitrogen and oxygen atoms in total. The van der Waals surface area contributed by atoms with Crippen molar-refractivity contribution in [3.8, 4) is 0 Å². The second-order valence-electron chi connectivity index (χ2n) is 3.66. The molecule has 0 aliphatic carbocycles. The quantitative estimate of drug-likeness (QED) is 0.514. The molecule has 0 amide bonds. The van der Waals surface area contributed by atoms with Crippen molar-refractivity contribution in [2.45, 2.75) is 25.3 Å². The van der Waals surface area contributed by atoms with Gasteiger partial charge in [-0.05, 0) is 12.0 Å². The van der Waals surface area contributed by atoms with Crippen LogP contribution in [-0.2, 0) is 10.3 Å². The molecule has 85 valence electrons. The Morgan fingerprint density at radius 1 is 1.50 bits per heavy atom. The Labute approximate surface area is 95.4 Å². The van der Waals surface area contributed by atoms with Crippen LogP contribution in [0.3, 0.4) is 0 Å². The summed E-state index contributed by atoms with van der Waals surface area (Å²) in [6.45, 7) is 1.97. The van der Waals surface area contributed by atoms with Crippen LogP contribution >= 0.6 is 0 Å². The van der Waals surface area contributed by atoms with Gasteiger partial charge in [0.05, 0.1) is 0 Å². The minimum atomic E-state index is -0.998. The molecular formula is C12H16N3O. The Bertz CT molecular complexity index is 364. The molecule has 0 saturated carbocycles. The summed E-state index contributed by atoms with van der Waals surface area (Å²) in [5, 5.41) is 9.97. The standard InChI is InChI=1S/C12H16N3O/c1-2-8-12(9-16,15-11(13)14)10-6-4-3-5-7-10/h3-7H,2,8H2,1H3,(H4,13,14,15)/t12-/m0/s1. The van der Waals surface area contributed by atoms with Crippen molar-refractivity contribution in [1.82, 2.24) is 5.32 Å². The highest BCUT2D eigenvalue weighted by molar-refractivity contribution is 5.82. The summed E-state index contributed by atoms with van der Waals surface area (Å²) in [7, 11) is 0. The molecule has 0 aromatic heterocycles. The van der Waals surface area contributed by atoms with Gasteiger partial charge in [-0.3, -0.25) is 10.2 Å². The van der Waals surface area contributed by atoms with Crippen molar-refractivity contribution < 1.29 is 4.79 Å². The van der Waals surface area contributed by atoms with Gasteiger partial charge in [0.25, 0.3) is 0 Å². The number of hydrogen-bond acceptors (Lipinski definition) is 2. The molecule has 0 heterocycles. The zero-order valence-electron chi connectivity index (χ0n) is 9.29. The molecule has 0 spiro atoms. The van der Waals surface area contributed by atoms with Gasteiger partial charge in [0.1, 0.15) is 5.54 Å². The summed E-state index contributed by atoms with van der Waals surface area (Å²) in [6, 6.07) is 9.23. The van der Waals surface area contributed by atoms with Crippen LogP contribution in [-0.4, -0.2) is 12.2 Å². The number of nitrogens with one attached hydrogen (secondary N) is 2. The number of rotatable bonds is 5. The number of guanidine groups is 1. The highest BCUT2D eigenvalue weighted by Crippen LogP contribution is 2.24. The summed E-state index contributed by atoms with van der Waals surface area (Å²) < 4.78 is 0. The van der Waals surface area contributed by atoms with E-state index in [-0.39, 0.29) is 5.96 Å². The van der Waals surface area contributed by atoms with Gasteiger partial charge in [-0.2, -0.15) is 0 Å². The van der Waals surface area contributed by atoms with Crippen LogP contribution in [0, 0.1) is 5.41 Å². The molecule has 1 rings (SSSR count). The van der Waals surface area contributed by atoms with Gasteiger partial charge in [-0.25, -0.2) is 0 Å². The second kappa shape index (κ2) is 5.30. The van der Waals surface area contributed by atoms with E-state index in [9.17, 15) is 4.79 Å². The minimum absolute atomic E-state index is 0.222. The SMILES string of the molecule is CCC[C@@]([C]=O)(NC(=N)N)c1ccccc1. The first kappa shape index (κ1) is 12.2. The zero-order valence-corrected chi connectivity index (χ0v) is 9.29. The van der Waals surface area contributed by atoms with Crippen molar-refractivity contribution in [3.63, 3.8) is 0 Å². The van der Waals surface area contributed by atoms with Gasteiger partial charge < -0.3 is 11.1 Å². The van der Waals surface area contributed by atoms with Gasteiger partial charge >= 0.3 is 0 Å². The van der Waals surface area contributed by atoms with Crippen molar-refractivity contribution >= 4 is 12.2 Å². The maximum Gasteiger partial charge on any atom is 0.231 e. The fourth-order valence-electron chi connectivity index (χ4n) is 1.74. The van der Waals surface area contributed by atoms with E-state index in [1.807, 2.05) is 43.5 Å². The third-order valence-electron chi connectivity index (χ3n) is 2.41. The third-order valence-corrected chi connectivity index (χ3v) is 2.41. The molecule has 0 bridgehead atoms. The first-order chi connectivity index (χ1) is 7.64. The maximum atomic E-state index is 11.2. The third kappa shape index (κ3) is 2.59. The summed E-state index contributed by atoms with van der Waals surface area (Å²) in [5.74, 6) is -0.222. The molecule has 0 aliphatic heterocycles. The second-order valence-corrected chi connectivity index (χ2v) is 3.66. The molecule has 4 heteroatoms. The zero-order chi connectivity index (χ0) is 12.0. The smallest absolute Gasteiger partial charge is 0.231 e. The molecule has 1 radical (unpaired) electrons. The van der Waals surface area contributed by atoms with Gasteiger partial charge in [0, 0.05) is 0 Å². The Hall–Kier alpha value is -1.84. The van der Waals surface area contributed by atoms with Gasteiger partial charge in [0.2, 0.25) is 6.29 Å². The van der Waals surface area contributed by atoms with E-state index >= 15 is 0 Å². The first-order valence-corrected chi connectivity index (χ1v) is 5.21. The summed E-state index contributed by atoms with van der Waals surface area (Å²) >= 11 is 0. The topological polar surface area (TPSA) is 79.0 Å². The Morgan fingerprint density at radius 3 is 2.56 bits per heavy atom. The van der Waals surface area contributed by atoms with Crippen molar-refractivity contribution in [3.05, 3.63) is 35.9 Å². The molecule has 4 N–H and O–H groups in total. The fraction of sp³-hybridized carbons (Fsp3) is 0.333. The summed E-state index contributed by atoms with van der Waals surface area (Å²) in [4.78, 5) is 11.2. The number of nitrogens with two attached hydrogens (primary N) is 1. The average molecular weight is 218 g/mol. The number of hydrogen-bond donors (Lipinski definition) is 3. The average Bonchev–Trinajstić information content (AvgIpc) is 2.29. The van der Waals surface area contributed by atoms with E-state index in [1.54, 1.807) is 0 Å². The predicted molar refractivity (Wildman–Crippen MR) is 63.8 cm³/mol. The minimum Gasteiger partial charge on any atom is -0.370 e. The van der Waals surface area contributed by atoms with E-state index in [0.717, 1.165) is 12.0 Å². The largest absolute Gasteiger partial charge is 0.370 e. The highest BCUT2D eigenvalue weighted by atomic mass is 16.1. The fourth-order valence-corrected chi connectivity index (χ4v) is 1.74. The maximum absolute atomic E-state index is 11.2. The monoisotopic (exact) mass is 218 g/mol. The summed E-state index contributed by atoms with van der Waals surface area (Å²) in [5.41, 5.74) is 5.10. The molecule has 1 atom stereocenters. The van der Waals surface area contributed by atoms with E-state index in [2.05, 4.69) is 5.32 Å². The lowest BCUT2D eigenvalue weighted by Crippen LogP contribution is -2.49. The Balaban J connectivity index is 3.11.